The molecule has 2 heterocycles. The number of piperidine rings is 1. The molecule has 0 bridgehead atoms. The molecule has 1 aromatic heterocycles. The molecule has 3 aromatic rings. The summed E-state index contributed by atoms with van der Waals surface area (Å²) in [6, 6.07) is 18.6. The highest BCUT2D eigenvalue weighted by molar-refractivity contribution is 5.67. The van der Waals surface area contributed by atoms with E-state index in [0.717, 1.165) is 37.3 Å². The third kappa shape index (κ3) is 3.03. The van der Waals surface area contributed by atoms with Crippen molar-refractivity contribution in [1.29, 1.82) is 0 Å². The van der Waals surface area contributed by atoms with E-state index in [-0.39, 0.29) is 0 Å². The molecule has 1 N–H and O–H groups in total. The van der Waals surface area contributed by atoms with Crippen LogP contribution in [0.3, 0.4) is 0 Å². The van der Waals surface area contributed by atoms with Crippen LogP contribution in [0.4, 0.5) is 0 Å². The van der Waals surface area contributed by atoms with Gasteiger partial charge in [-0.15, -0.1) is 0 Å². The minimum Gasteiger partial charge on any atom is -0.334 e. The van der Waals surface area contributed by atoms with Crippen molar-refractivity contribution in [2.75, 3.05) is 13.1 Å². The van der Waals surface area contributed by atoms with Crippen LogP contribution >= 0.6 is 0 Å². The zero-order valence-electron chi connectivity index (χ0n) is 12.9. The van der Waals surface area contributed by atoms with Crippen molar-refractivity contribution in [2.24, 2.45) is 0 Å². The fourth-order valence-corrected chi connectivity index (χ4v) is 3.03. The molecule has 1 fully saturated rings. The maximum atomic E-state index is 5.47. The second-order valence-electron chi connectivity index (χ2n) is 5.93. The molecule has 0 unspecified atom stereocenters. The summed E-state index contributed by atoms with van der Waals surface area (Å²) in [5, 5.41) is 7.54. The van der Waals surface area contributed by atoms with Crippen LogP contribution in [-0.4, -0.2) is 23.2 Å². The molecule has 4 nitrogen and oxygen atoms in total. The molecule has 0 aliphatic carbocycles. The van der Waals surface area contributed by atoms with Gasteiger partial charge in [0, 0.05) is 11.5 Å². The zero-order valence-corrected chi connectivity index (χ0v) is 12.9. The van der Waals surface area contributed by atoms with E-state index in [4.69, 9.17) is 4.52 Å². The average molecular weight is 305 g/mol. The number of nitrogens with zero attached hydrogens (tertiary/aromatic N) is 2. The number of rotatable bonds is 3. The second kappa shape index (κ2) is 6.34. The Morgan fingerprint density at radius 2 is 1.48 bits per heavy atom. The van der Waals surface area contributed by atoms with Crippen molar-refractivity contribution >= 4 is 0 Å². The lowest BCUT2D eigenvalue weighted by Crippen LogP contribution is -2.27. The van der Waals surface area contributed by atoms with Crippen LogP contribution in [0.5, 0.6) is 0 Å². The molecule has 0 saturated carbocycles. The van der Waals surface area contributed by atoms with E-state index in [1.54, 1.807) is 0 Å². The molecule has 116 valence electrons. The number of benzene rings is 2. The lowest BCUT2D eigenvalue weighted by Gasteiger charge is -2.18. The molecule has 1 saturated heterocycles. The second-order valence-corrected chi connectivity index (χ2v) is 5.93. The van der Waals surface area contributed by atoms with Crippen LogP contribution in [0.1, 0.15) is 24.6 Å². The fraction of sp³-hybridized carbons (Fsp3) is 0.263. The summed E-state index contributed by atoms with van der Waals surface area (Å²) in [5.74, 6) is 1.86. The molecule has 4 rings (SSSR count). The first-order chi connectivity index (χ1) is 11.4. The maximum absolute atomic E-state index is 5.47. The lowest BCUT2D eigenvalue weighted by molar-refractivity contribution is 0.392. The first-order valence-corrected chi connectivity index (χ1v) is 8.10. The standard InChI is InChI=1S/C19H19N3O/c1-2-4-14(5-3-1)15-6-8-17(9-7-15)19-21-18(22-23-19)16-10-12-20-13-11-16/h1-9,16,20H,10-13H2. The van der Waals surface area contributed by atoms with Crippen molar-refractivity contribution < 1.29 is 4.52 Å². The Kier molecular flexibility index (Phi) is 3.90. The van der Waals surface area contributed by atoms with Gasteiger partial charge in [-0.1, -0.05) is 47.6 Å². The summed E-state index contributed by atoms with van der Waals surface area (Å²) in [7, 11) is 0. The van der Waals surface area contributed by atoms with Crippen LogP contribution in [0.15, 0.2) is 59.1 Å². The van der Waals surface area contributed by atoms with E-state index >= 15 is 0 Å². The molecule has 0 atom stereocenters. The van der Waals surface area contributed by atoms with Gasteiger partial charge in [-0.05, 0) is 49.2 Å². The first kappa shape index (κ1) is 14.2. The normalized spacial score (nSPS) is 15.7. The summed E-state index contributed by atoms with van der Waals surface area (Å²) < 4.78 is 5.47. The van der Waals surface area contributed by atoms with Gasteiger partial charge in [-0.3, -0.25) is 0 Å². The molecule has 0 radical (unpaired) electrons. The van der Waals surface area contributed by atoms with Gasteiger partial charge in [0.05, 0.1) is 0 Å². The largest absolute Gasteiger partial charge is 0.334 e. The van der Waals surface area contributed by atoms with Gasteiger partial charge in [0.25, 0.3) is 5.89 Å². The Morgan fingerprint density at radius 3 is 2.22 bits per heavy atom. The minimum absolute atomic E-state index is 0.414. The molecular formula is C19H19N3O. The highest BCUT2D eigenvalue weighted by Gasteiger charge is 2.21. The molecule has 4 heteroatoms. The Hall–Kier alpha value is -2.46. The number of aromatic nitrogens is 2. The quantitative estimate of drug-likeness (QED) is 0.798. The summed E-state index contributed by atoms with van der Waals surface area (Å²) in [6.45, 7) is 2.06. The van der Waals surface area contributed by atoms with E-state index in [2.05, 4.69) is 39.7 Å². The molecule has 0 spiro atoms. The van der Waals surface area contributed by atoms with Crippen molar-refractivity contribution in [3.05, 3.63) is 60.4 Å². The number of hydrogen-bond acceptors (Lipinski definition) is 4. The Balaban J connectivity index is 1.55. The fourth-order valence-electron chi connectivity index (χ4n) is 3.03. The molecule has 0 amide bonds. The summed E-state index contributed by atoms with van der Waals surface area (Å²) >= 11 is 0. The monoisotopic (exact) mass is 305 g/mol. The van der Waals surface area contributed by atoms with Crippen LogP contribution in [-0.2, 0) is 0 Å². The number of hydrogen-bond donors (Lipinski definition) is 1. The SMILES string of the molecule is c1ccc(-c2ccc(-c3nc(C4CCNCC4)no3)cc2)cc1. The smallest absolute Gasteiger partial charge is 0.257 e. The summed E-state index contributed by atoms with van der Waals surface area (Å²) in [5.41, 5.74) is 3.37. The van der Waals surface area contributed by atoms with Crippen molar-refractivity contribution in [3.63, 3.8) is 0 Å². The maximum Gasteiger partial charge on any atom is 0.257 e. The van der Waals surface area contributed by atoms with Crippen LogP contribution in [0.2, 0.25) is 0 Å². The van der Waals surface area contributed by atoms with Crippen molar-refractivity contribution in [3.8, 4) is 22.6 Å². The third-order valence-electron chi connectivity index (χ3n) is 4.39. The van der Waals surface area contributed by atoms with Gasteiger partial charge in [-0.25, -0.2) is 0 Å². The summed E-state index contributed by atoms with van der Waals surface area (Å²) in [4.78, 5) is 4.60. The highest BCUT2D eigenvalue weighted by atomic mass is 16.5. The Bertz CT molecular complexity index is 759. The third-order valence-corrected chi connectivity index (χ3v) is 4.39. The van der Waals surface area contributed by atoms with E-state index in [1.165, 1.54) is 11.1 Å². The molecule has 1 aliphatic heterocycles. The average Bonchev–Trinajstić information content (AvgIpc) is 3.14. The topological polar surface area (TPSA) is 51.0 Å². The van der Waals surface area contributed by atoms with Gasteiger partial charge in [0.2, 0.25) is 0 Å². The Labute approximate surface area is 135 Å². The number of nitrogens with one attached hydrogen (secondary N) is 1. The van der Waals surface area contributed by atoms with Gasteiger partial charge in [0.15, 0.2) is 5.82 Å². The van der Waals surface area contributed by atoms with Crippen molar-refractivity contribution in [1.82, 2.24) is 15.5 Å². The van der Waals surface area contributed by atoms with Crippen LogP contribution < -0.4 is 5.32 Å². The van der Waals surface area contributed by atoms with E-state index in [9.17, 15) is 0 Å². The molecule has 2 aromatic carbocycles. The minimum atomic E-state index is 0.414. The predicted molar refractivity (Wildman–Crippen MR) is 90.0 cm³/mol. The van der Waals surface area contributed by atoms with E-state index in [0.29, 0.717) is 11.8 Å². The van der Waals surface area contributed by atoms with Gasteiger partial charge in [-0.2, -0.15) is 4.98 Å². The molecular weight excluding hydrogens is 286 g/mol. The summed E-state index contributed by atoms with van der Waals surface area (Å²) in [6.07, 6.45) is 2.15. The van der Waals surface area contributed by atoms with Crippen LogP contribution in [0.25, 0.3) is 22.6 Å². The van der Waals surface area contributed by atoms with Crippen LogP contribution in [0, 0.1) is 0 Å². The zero-order chi connectivity index (χ0) is 15.5. The predicted octanol–water partition coefficient (Wildman–Crippen LogP) is 3.87. The molecule has 23 heavy (non-hydrogen) atoms. The highest BCUT2D eigenvalue weighted by Crippen LogP contribution is 2.27. The van der Waals surface area contributed by atoms with Gasteiger partial charge < -0.3 is 9.84 Å². The van der Waals surface area contributed by atoms with Gasteiger partial charge >= 0.3 is 0 Å². The lowest BCUT2D eigenvalue weighted by atomic mass is 9.97. The van der Waals surface area contributed by atoms with Gasteiger partial charge in [0.1, 0.15) is 0 Å². The van der Waals surface area contributed by atoms with E-state index in [1.807, 2.05) is 30.3 Å². The van der Waals surface area contributed by atoms with Crippen molar-refractivity contribution in [2.45, 2.75) is 18.8 Å². The van der Waals surface area contributed by atoms with E-state index < -0.39 is 0 Å². The molecule has 1 aliphatic rings. The first-order valence-electron chi connectivity index (χ1n) is 8.10. The Morgan fingerprint density at radius 1 is 0.826 bits per heavy atom.